The first kappa shape index (κ1) is 14.0. The Labute approximate surface area is 118 Å². The fourth-order valence-corrected chi connectivity index (χ4v) is 1.93. The summed E-state index contributed by atoms with van der Waals surface area (Å²) in [5.74, 6) is -0.217. The predicted octanol–water partition coefficient (Wildman–Crippen LogP) is 1.43. The summed E-state index contributed by atoms with van der Waals surface area (Å²) in [6, 6.07) is 3.85. The third-order valence-electron chi connectivity index (χ3n) is 3.11. The average molecular weight is 273 g/mol. The number of pyridine rings is 1. The normalized spacial score (nSPS) is 10.6. The zero-order valence-electron chi connectivity index (χ0n) is 12.0. The van der Waals surface area contributed by atoms with Crippen molar-refractivity contribution in [2.75, 3.05) is 5.73 Å². The lowest BCUT2D eigenvalue weighted by Crippen LogP contribution is -2.26. The second-order valence-electron chi connectivity index (χ2n) is 4.65. The van der Waals surface area contributed by atoms with E-state index < -0.39 is 0 Å². The Bertz CT molecular complexity index is 615. The molecule has 6 heteroatoms. The van der Waals surface area contributed by atoms with Crippen LogP contribution in [-0.4, -0.2) is 20.7 Å². The SMILES string of the molecule is CCn1nc(C)c(N)c1C(=O)NCc1ccc(C)nc1. The van der Waals surface area contributed by atoms with Gasteiger partial charge in [0, 0.05) is 25.0 Å². The maximum Gasteiger partial charge on any atom is 0.271 e. The lowest BCUT2D eigenvalue weighted by atomic mass is 10.2. The van der Waals surface area contributed by atoms with Gasteiger partial charge in [0.15, 0.2) is 0 Å². The quantitative estimate of drug-likeness (QED) is 0.882. The van der Waals surface area contributed by atoms with E-state index in [0.29, 0.717) is 30.2 Å². The van der Waals surface area contributed by atoms with E-state index in [9.17, 15) is 4.79 Å². The Morgan fingerprint density at radius 1 is 1.40 bits per heavy atom. The van der Waals surface area contributed by atoms with Crippen LogP contribution in [0, 0.1) is 13.8 Å². The van der Waals surface area contributed by atoms with Gasteiger partial charge in [-0.15, -0.1) is 0 Å². The van der Waals surface area contributed by atoms with Crippen molar-refractivity contribution >= 4 is 11.6 Å². The van der Waals surface area contributed by atoms with Crippen LogP contribution in [0.4, 0.5) is 5.69 Å². The standard InChI is InChI=1S/C14H19N5O/c1-4-19-13(12(15)10(3)18-19)14(20)17-8-11-6-5-9(2)16-7-11/h5-7H,4,8,15H2,1-3H3,(H,17,20). The average Bonchev–Trinajstić information content (AvgIpc) is 2.73. The van der Waals surface area contributed by atoms with Crippen molar-refractivity contribution in [3.8, 4) is 0 Å². The Morgan fingerprint density at radius 3 is 2.75 bits per heavy atom. The van der Waals surface area contributed by atoms with Gasteiger partial charge < -0.3 is 11.1 Å². The molecule has 0 saturated heterocycles. The van der Waals surface area contributed by atoms with Crippen LogP contribution >= 0.6 is 0 Å². The molecule has 0 unspecified atom stereocenters. The summed E-state index contributed by atoms with van der Waals surface area (Å²) in [5, 5.41) is 7.08. The topological polar surface area (TPSA) is 85.8 Å². The van der Waals surface area contributed by atoms with Crippen LogP contribution in [-0.2, 0) is 13.1 Å². The third-order valence-corrected chi connectivity index (χ3v) is 3.11. The minimum atomic E-state index is -0.217. The Kier molecular flexibility index (Phi) is 4.02. The van der Waals surface area contributed by atoms with Gasteiger partial charge in [0.2, 0.25) is 0 Å². The monoisotopic (exact) mass is 273 g/mol. The number of rotatable bonds is 4. The fraction of sp³-hybridized carbons (Fsp3) is 0.357. The Hall–Kier alpha value is -2.37. The smallest absolute Gasteiger partial charge is 0.271 e. The molecule has 106 valence electrons. The molecular weight excluding hydrogens is 254 g/mol. The van der Waals surface area contributed by atoms with Gasteiger partial charge in [-0.05, 0) is 32.4 Å². The van der Waals surface area contributed by atoms with Gasteiger partial charge in [-0.25, -0.2) is 0 Å². The summed E-state index contributed by atoms with van der Waals surface area (Å²) in [7, 11) is 0. The molecule has 2 heterocycles. The Morgan fingerprint density at radius 2 is 2.15 bits per heavy atom. The number of anilines is 1. The summed E-state index contributed by atoms with van der Waals surface area (Å²) in [6.45, 7) is 6.66. The summed E-state index contributed by atoms with van der Waals surface area (Å²) < 4.78 is 1.62. The van der Waals surface area contributed by atoms with Gasteiger partial charge in [-0.1, -0.05) is 6.07 Å². The van der Waals surface area contributed by atoms with E-state index >= 15 is 0 Å². The second-order valence-corrected chi connectivity index (χ2v) is 4.65. The lowest BCUT2D eigenvalue weighted by Gasteiger charge is -2.07. The molecule has 0 aliphatic rings. The lowest BCUT2D eigenvalue weighted by molar-refractivity contribution is 0.0941. The van der Waals surface area contributed by atoms with E-state index in [1.807, 2.05) is 26.0 Å². The maximum absolute atomic E-state index is 12.2. The summed E-state index contributed by atoms with van der Waals surface area (Å²) in [6.07, 6.45) is 1.75. The molecule has 1 amide bonds. The summed E-state index contributed by atoms with van der Waals surface area (Å²) in [5.41, 5.74) is 9.34. The molecule has 0 bridgehead atoms. The van der Waals surface area contributed by atoms with E-state index in [0.717, 1.165) is 11.3 Å². The van der Waals surface area contributed by atoms with Crippen molar-refractivity contribution in [3.05, 3.63) is 41.0 Å². The molecule has 3 N–H and O–H groups in total. The molecule has 0 saturated carbocycles. The first-order chi connectivity index (χ1) is 9.52. The predicted molar refractivity (Wildman–Crippen MR) is 77.2 cm³/mol. The number of carbonyl (C=O) groups is 1. The molecule has 0 aromatic carbocycles. The Balaban J connectivity index is 2.11. The first-order valence-electron chi connectivity index (χ1n) is 6.55. The van der Waals surface area contributed by atoms with Crippen LogP contribution in [0.25, 0.3) is 0 Å². The van der Waals surface area contributed by atoms with E-state index in [1.54, 1.807) is 17.8 Å². The highest BCUT2D eigenvalue weighted by Crippen LogP contribution is 2.16. The number of hydrogen-bond donors (Lipinski definition) is 2. The third kappa shape index (κ3) is 2.79. The largest absolute Gasteiger partial charge is 0.395 e. The second kappa shape index (κ2) is 5.73. The molecule has 2 rings (SSSR count). The van der Waals surface area contributed by atoms with Crippen molar-refractivity contribution in [3.63, 3.8) is 0 Å². The van der Waals surface area contributed by atoms with Gasteiger partial charge in [0.1, 0.15) is 5.69 Å². The number of amides is 1. The fourth-order valence-electron chi connectivity index (χ4n) is 1.93. The van der Waals surface area contributed by atoms with Crippen molar-refractivity contribution in [2.45, 2.75) is 33.9 Å². The van der Waals surface area contributed by atoms with Crippen LogP contribution in [0.3, 0.4) is 0 Å². The van der Waals surface area contributed by atoms with Gasteiger partial charge in [0.25, 0.3) is 5.91 Å². The van der Waals surface area contributed by atoms with Gasteiger partial charge >= 0.3 is 0 Å². The van der Waals surface area contributed by atoms with Crippen molar-refractivity contribution in [2.24, 2.45) is 0 Å². The van der Waals surface area contributed by atoms with Gasteiger partial charge in [-0.3, -0.25) is 14.5 Å². The van der Waals surface area contributed by atoms with Crippen LogP contribution in [0.5, 0.6) is 0 Å². The molecule has 6 nitrogen and oxygen atoms in total. The summed E-state index contributed by atoms with van der Waals surface area (Å²) in [4.78, 5) is 16.4. The molecule has 0 aliphatic carbocycles. The molecule has 2 aromatic heterocycles. The maximum atomic E-state index is 12.2. The number of hydrogen-bond acceptors (Lipinski definition) is 4. The highest BCUT2D eigenvalue weighted by molar-refractivity contribution is 5.97. The number of nitrogens with one attached hydrogen (secondary N) is 1. The van der Waals surface area contributed by atoms with E-state index in [-0.39, 0.29) is 5.91 Å². The highest BCUT2D eigenvalue weighted by Gasteiger charge is 2.18. The molecule has 0 fully saturated rings. The van der Waals surface area contributed by atoms with Crippen LogP contribution in [0.1, 0.15) is 34.4 Å². The van der Waals surface area contributed by atoms with Gasteiger partial charge in [0.05, 0.1) is 11.4 Å². The van der Waals surface area contributed by atoms with E-state index in [2.05, 4.69) is 15.4 Å². The molecule has 0 atom stereocenters. The van der Waals surface area contributed by atoms with E-state index in [1.165, 1.54) is 0 Å². The van der Waals surface area contributed by atoms with Crippen molar-refractivity contribution in [1.82, 2.24) is 20.1 Å². The minimum absolute atomic E-state index is 0.217. The number of carbonyl (C=O) groups excluding carboxylic acids is 1. The minimum Gasteiger partial charge on any atom is -0.395 e. The molecule has 20 heavy (non-hydrogen) atoms. The molecular formula is C14H19N5O. The van der Waals surface area contributed by atoms with Crippen LogP contribution in [0.15, 0.2) is 18.3 Å². The zero-order chi connectivity index (χ0) is 14.7. The van der Waals surface area contributed by atoms with Crippen molar-refractivity contribution < 1.29 is 4.79 Å². The van der Waals surface area contributed by atoms with Crippen molar-refractivity contribution in [1.29, 1.82) is 0 Å². The molecule has 0 spiro atoms. The number of nitrogens with two attached hydrogens (primary N) is 1. The summed E-state index contributed by atoms with van der Waals surface area (Å²) >= 11 is 0. The number of nitrogen functional groups attached to an aromatic ring is 1. The number of aryl methyl sites for hydroxylation is 3. The van der Waals surface area contributed by atoms with Crippen LogP contribution in [0.2, 0.25) is 0 Å². The zero-order valence-corrected chi connectivity index (χ0v) is 12.0. The number of nitrogens with zero attached hydrogens (tertiary/aromatic N) is 3. The first-order valence-corrected chi connectivity index (χ1v) is 6.55. The molecule has 0 aliphatic heterocycles. The highest BCUT2D eigenvalue weighted by atomic mass is 16.2. The molecule has 0 radical (unpaired) electrons. The molecule has 2 aromatic rings. The van der Waals surface area contributed by atoms with E-state index in [4.69, 9.17) is 5.73 Å². The number of aromatic nitrogens is 3. The van der Waals surface area contributed by atoms with Gasteiger partial charge in [-0.2, -0.15) is 5.10 Å². The van der Waals surface area contributed by atoms with Crippen LogP contribution < -0.4 is 11.1 Å².